The Morgan fingerprint density at radius 3 is 2.42 bits per heavy atom. The van der Waals surface area contributed by atoms with E-state index in [0.717, 1.165) is 11.0 Å². The molecule has 0 saturated carbocycles. The summed E-state index contributed by atoms with van der Waals surface area (Å²) in [5.74, 6) is -1.22. The van der Waals surface area contributed by atoms with Crippen molar-refractivity contribution in [2.24, 2.45) is 0 Å². The van der Waals surface area contributed by atoms with Crippen molar-refractivity contribution < 1.29 is 32.0 Å². The summed E-state index contributed by atoms with van der Waals surface area (Å²) in [6.07, 6.45) is -3.45. The smallest absolute Gasteiger partial charge is 0.417 e. The van der Waals surface area contributed by atoms with Crippen molar-refractivity contribution in [1.29, 1.82) is 0 Å². The molecule has 0 spiro atoms. The number of hydrogen-bond donors (Lipinski definition) is 0. The van der Waals surface area contributed by atoms with Gasteiger partial charge in [-0.15, -0.1) is 0 Å². The Kier molecular flexibility index (Phi) is 5.52. The van der Waals surface area contributed by atoms with Crippen LogP contribution in [0.2, 0.25) is 5.02 Å². The third kappa shape index (κ3) is 4.05. The van der Waals surface area contributed by atoms with Gasteiger partial charge in [-0.25, -0.2) is 4.90 Å². The van der Waals surface area contributed by atoms with E-state index in [-0.39, 0.29) is 23.8 Å². The van der Waals surface area contributed by atoms with Gasteiger partial charge in [0.1, 0.15) is 0 Å². The lowest BCUT2D eigenvalue weighted by Crippen LogP contribution is -2.53. The van der Waals surface area contributed by atoms with Gasteiger partial charge in [-0.3, -0.25) is 19.3 Å². The molecule has 3 amide bonds. The Morgan fingerprint density at radius 2 is 1.81 bits per heavy atom. The first-order valence-electron chi connectivity index (χ1n) is 9.47. The normalized spacial score (nSPS) is 20.6. The molecule has 2 aliphatic heterocycles. The monoisotopic (exact) mass is 455 g/mol. The average molecular weight is 456 g/mol. The van der Waals surface area contributed by atoms with Crippen LogP contribution in [0.4, 0.5) is 18.9 Å². The number of anilines is 1. The zero-order valence-electron chi connectivity index (χ0n) is 16.1. The van der Waals surface area contributed by atoms with Crippen LogP contribution in [0.15, 0.2) is 41.0 Å². The molecule has 2 aliphatic rings. The molecule has 0 unspecified atom stereocenters. The fraction of sp³-hybridized carbons (Fsp3) is 0.350. The van der Waals surface area contributed by atoms with E-state index in [9.17, 15) is 27.6 Å². The van der Waals surface area contributed by atoms with E-state index in [1.807, 2.05) is 0 Å². The molecular formula is C20H17ClF3N3O4. The molecule has 0 N–H and O–H groups in total. The highest BCUT2D eigenvalue weighted by Gasteiger charge is 2.44. The fourth-order valence-corrected chi connectivity index (χ4v) is 4.06. The molecule has 31 heavy (non-hydrogen) atoms. The molecule has 0 bridgehead atoms. The number of furan rings is 1. The molecule has 1 aromatic carbocycles. The van der Waals surface area contributed by atoms with Gasteiger partial charge in [-0.2, -0.15) is 13.2 Å². The van der Waals surface area contributed by atoms with Gasteiger partial charge < -0.3 is 9.32 Å². The van der Waals surface area contributed by atoms with Crippen LogP contribution in [0.5, 0.6) is 0 Å². The number of alkyl halides is 3. The quantitative estimate of drug-likeness (QED) is 0.665. The van der Waals surface area contributed by atoms with Gasteiger partial charge in [0.15, 0.2) is 5.76 Å². The molecule has 1 atom stereocenters. The maximum atomic E-state index is 13.2. The van der Waals surface area contributed by atoms with E-state index in [2.05, 4.69) is 0 Å². The maximum Gasteiger partial charge on any atom is 0.417 e. The van der Waals surface area contributed by atoms with Gasteiger partial charge in [0.2, 0.25) is 5.91 Å². The van der Waals surface area contributed by atoms with Crippen LogP contribution < -0.4 is 4.90 Å². The summed E-state index contributed by atoms with van der Waals surface area (Å²) >= 11 is 5.63. The summed E-state index contributed by atoms with van der Waals surface area (Å²) < 4.78 is 44.6. The van der Waals surface area contributed by atoms with Crippen LogP contribution in [-0.4, -0.2) is 59.7 Å². The number of piperazine rings is 1. The highest BCUT2D eigenvalue weighted by molar-refractivity contribution is 6.31. The lowest BCUT2D eigenvalue weighted by Gasteiger charge is -2.36. The van der Waals surface area contributed by atoms with Crippen molar-refractivity contribution in [3.63, 3.8) is 0 Å². The van der Waals surface area contributed by atoms with Crippen molar-refractivity contribution in [3.8, 4) is 0 Å². The van der Waals surface area contributed by atoms with Crippen molar-refractivity contribution in [2.75, 3.05) is 31.1 Å². The third-order valence-corrected chi connectivity index (χ3v) is 5.74. The van der Waals surface area contributed by atoms with E-state index in [4.69, 9.17) is 16.0 Å². The molecule has 164 valence electrons. The second kappa shape index (κ2) is 8.01. The first kappa shape index (κ1) is 21.4. The number of rotatable bonds is 3. The lowest BCUT2D eigenvalue weighted by atomic mass is 10.1. The summed E-state index contributed by atoms with van der Waals surface area (Å²) in [6.45, 7) is 1.35. The maximum absolute atomic E-state index is 13.2. The largest absolute Gasteiger partial charge is 0.459 e. The van der Waals surface area contributed by atoms with Gasteiger partial charge in [-0.05, 0) is 30.3 Å². The van der Waals surface area contributed by atoms with Crippen molar-refractivity contribution in [1.82, 2.24) is 9.80 Å². The summed E-state index contributed by atoms with van der Waals surface area (Å²) in [5, 5.41) is -0.510. The Hall–Kier alpha value is -2.85. The number of benzene rings is 1. The highest BCUT2D eigenvalue weighted by Crippen LogP contribution is 2.38. The summed E-state index contributed by atoms with van der Waals surface area (Å²) in [4.78, 5) is 41.9. The first-order chi connectivity index (χ1) is 14.7. The molecule has 3 heterocycles. The van der Waals surface area contributed by atoms with Crippen LogP contribution in [0, 0.1) is 0 Å². The summed E-state index contributed by atoms with van der Waals surface area (Å²) in [6, 6.07) is 5.33. The van der Waals surface area contributed by atoms with Crippen LogP contribution in [0.3, 0.4) is 0 Å². The summed E-state index contributed by atoms with van der Waals surface area (Å²) in [5.41, 5.74) is -1.28. The topological polar surface area (TPSA) is 74.1 Å². The molecule has 1 aromatic heterocycles. The number of carbonyl (C=O) groups excluding carboxylic acids is 3. The fourth-order valence-electron chi connectivity index (χ4n) is 3.83. The Balaban J connectivity index is 1.47. The SMILES string of the molecule is O=C(c1ccco1)N1CCN([C@@H]2CC(=O)N(c3ccc(Cl)c(C(F)(F)F)c3)C2=O)CC1. The number of amides is 3. The number of carbonyl (C=O) groups is 3. The third-order valence-electron chi connectivity index (χ3n) is 5.41. The van der Waals surface area contributed by atoms with Crippen LogP contribution in [-0.2, 0) is 15.8 Å². The molecule has 0 radical (unpaired) electrons. The van der Waals surface area contributed by atoms with Gasteiger partial charge >= 0.3 is 6.18 Å². The summed E-state index contributed by atoms with van der Waals surface area (Å²) in [7, 11) is 0. The zero-order valence-corrected chi connectivity index (χ0v) is 16.8. The van der Waals surface area contributed by atoms with Crippen LogP contribution >= 0.6 is 11.6 Å². The average Bonchev–Trinajstić information content (AvgIpc) is 3.36. The highest BCUT2D eigenvalue weighted by atomic mass is 35.5. The first-order valence-corrected chi connectivity index (χ1v) is 9.85. The second-order valence-electron chi connectivity index (χ2n) is 7.25. The minimum absolute atomic E-state index is 0.144. The standard InChI is InChI=1S/C20H17ClF3N3O4/c21-14-4-3-12(10-13(14)20(22,23)24)27-17(28)11-15(18(27)29)25-5-7-26(8-6-25)19(30)16-2-1-9-31-16/h1-4,9-10,15H,5-8,11H2/t15-/m1/s1. The van der Waals surface area contributed by atoms with Gasteiger partial charge in [-0.1, -0.05) is 11.6 Å². The van der Waals surface area contributed by atoms with Gasteiger partial charge in [0.05, 0.1) is 35.0 Å². The molecule has 0 aliphatic carbocycles. The number of halogens is 4. The molecule has 11 heteroatoms. The van der Waals surface area contributed by atoms with Gasteiger partial charge in [0.25, 0.3) is 11.8 Å². The van der Waals surface area contributed by atoms with Crippen molar-refractivity contribution >= 4 is 35.0 Å². The number of imide groups is 1. The second-order valence-corrected chi connectivity index (χ2v) is 7.66. The van der Waals surface area contributed by atoms with Crippen molar-refractivity contribution in [2.45, 2.75) is 18.6 Å². The van der Waals surface area contributed by atoms with Crippen LogP contribution in [0.25, 0.3) is 0 Å². The van der Waals surface area contributed by atoms with E-state index in [1.165, 1.54) is 12.3 Å². The molecular weight excluding hydrogens is 439 g/mol. The number of hydrogen-bond acceptors (Lipinski definition) is 5. The Morgan fingerprint density at radius 1 is 1.10 bits per heavy atom. The molecule has 4 rings (SSSR count). The zero-order chi connectivity index (χ0) is 22.3. The number of nitrogens with zero attached hydrogens (tertiary/aromatic N) is 3. The van der Waals surface area contributed by atoms with E-state index in [0.29, 0.717) is 32.2 Å². The molecule has 2 saturated heterocycles. The predicted octanol–water partition coefficient (Wildman–Crippen LogP) is 3.04. The van der Waals surface area contributed by atoms with E-state index < -0.39 is 34.6 Å². The molecule has 2 aromatic rings. The van der Waals surface area contributed by atoms with Crippen LogP contribution in [0.1, 0.15) is 22.5 Å². The minimum Gasteiger partial charge on any atom is -0.459 e. The van der Waals surface area contributed by atoms with E-state index >= 15 is 0 Å². The molecule has 2 fully saturated rings. The predicted molar refractivity (Wildman–Crippen MR) is 104 cm³/mol. The van der Waals surface area contributed by atoms with Gasteiger partial charge in [0, 0.05) is 26.2 Å². The van der Waals surface area contributed by atoms with E-state index in [1.54, 1.807) is 21.9 Å². The minimum atomic E-state index is -4.71. The lowest BCUT2D eigenvalue weighted by molar-refractivity contribution is -0.137. The molecule has 7 nitrogen and oxygen atoms in total. The Labute approximate surface area is 179 Å². The Bertz CT molecular complexity index is 1020. The van der Waals surface area contributed by atoms with Crippen molar-refractivity contribution in [3.05, 3.63) is 52.9 Å².